The molecule has 1 aromatic carbocycles. The van der Waals surface area contributed by atoms with Crippen molar-refractivity contribution in [3.63, 3.8) is 0 Å². The highest BCUT2D eigenvalue weighted by Crippen LogP contribution is 2.49. The van der Waals surface area contributed by atoms with Gasteiger partial charge in [0.2, 0.25) is 5.28 Å². The number of fused-ring (bicyclic) bond motifs is 1. The van der Waals surface area contributed by atoms with Crippen LogP contribution in [-0.4, -0.2) is 67.9 Å². The van der Waals surface area contributed by atoms with Crippen molar-refractivity contribution in [2.75, 3.05) is 18.5 Å². The number of anilines is 1. The summed E-state index contributed by atoms with van der Waals surface area (Å²) in [6, 6.07) is 7.90. The van der Waals surface area contributed by atoms with Crippen molar-refractivity contribution in [3.05, 3.63) is 47.9 Å². The minimum atomic E-state index is -4.16. The molecular weight excluding hydrogens is 508 g/mol. The molecule has 1 unspecified atom stereocenters. The number of nitrogen functional groups attached to an aromatic ring is 1. The minimum Gasteiger partial charge on any atom is -0.480 e. The summed E-state index contributed by atoms with van der Waals surface area (Å²) in [4.78, 5) is 19.1. The Kier molecular flexibility index (Phi) is 7.27. The number of hydrogen-bond donors (Lipinski definition) is 4. The Hall–Kier alpha value is -2.80. The lowest BCUT2D eigenvalue weighted by molar-refractivity contribution is -0.138. The van der Waals surface area contributed by atoms with Gasteiger partial charge in [-0.05, 0) is 29.8 Å². The van der Waals surface area contributed by atoms with Crippen LogP contribution < -0.4 is 16.0 Å². The maximum Gasteiger partial charge on any atom is 0.381 e. The Balaban J connectivity index is 1.53. The highest BCUT2D eigenvalue weighted by molar-refractivity contribution is 7.54. The lowest BCUT2D eigenvalue weighted by Crippen LogP contribution is -2.36. The third-order valence-electron chi connectivity index (χ3n) is 5.30. The molecular formula is C20H22ClFN5O7P. The predicted octanol–water partition coefficient (Wildman–Crippen LogP) is 1.96. The summed E-state index contributed by atoms with van der Waals surface area (Å²) in [5.74, 6) is -1.18. The summed E-state index contributed by atoms with van der Waals surface area (Å²) in [6.07, 6.45) is -5.43. The van der Waals surface area contributed by atoms with Gasteiger partial charge in [0.1, 0.15) is 35.5 Å². The van der Waals surface area contributed by atoms with Crippen LogP contribution in [0.4, 0.5) is 10.2 Å². The van der Waals surface area contributed by atoms with Crippen LogP contribution in [0.2, 0.25) is 5.28 Å². The van der Waals surface area contributed by atoms with Crippen LogP contribution in [-0.2, 0) is 18.6 Å². The van der Waals surface area contributed by atoms with Crippen LogP contribution in [0.15, 0.2) is 42.6 Å². The number of nitrogens with zero attached hydrogens (tertiary/aromatic N) is 3. The van der Waals surface area contributed by atoms with Gasteiger partial charge in [0, 0.05) is 6.20 Å². The largest absolute Gasteiger partial charge is 0.480 e. The van der Waals surface area contributed by atoms with E-state index in [4.69, 9.17) is 42.0 Å². The number of rotatable bonds is 9. The molecule has 1 aliphatic rings. The fraction of sp³-hybridized carbons (Fsp3) is 0.350. The van der Waals surface area contributed by atoms with Crippen LogP contribution in [0, 0.1) is 0 Å². The van der Waals surface area contributed by atoms with Gasteiger partial charge in [0.25, 0.3) is 0 Å². The van der Waals surface area contributed by atoms with Gasteiger partial charge in [0.05, 0.1) is 18.2 Å². The summed E-state index contributed by atoms with van der Waals surface area (Å²) in [7, 11) is -4.16. The second kappa shape index (κ2) is 10.1. The molecule has 3 aromatic rings. The predicted molar refractivity (Wildman–Crippen MR) is 123 cm³/mol. The fourth-order valence-corrected chi connectivity index (χ4v) is 5.42. The molecule has 0 aliphatic carbocycles. The van der Waals surface area contributed by atoms with Crippen LogP contribution in [0.5, 0.6) is 5.75 Å². The molecule has 12 nitrogen and oxygen atoms in total. The molecule has 1 fully saturated rings. The van der Waals surface area contributed by atoms with Gasteiger partial charge in [-0.1, -0.05) is 18.2 Å². The molecule has 4 rings (SSSR count). The second-order valence-corrected chi connectivity index (χ2v) is 10.1. The smallest absolute Gasteiger partial charge is 0.381 e. The average molecular weight is 530 g/mol. The van der Waals surface area contributed by atoms with Crippen LogP contribution >= 0.6 is 19.2 Å². The number of aliphatic carboxylic acids is 1. The van der Waals surface area contributed by atoms with Crippen LogP contribution in [0.1, 0.15) is 6.23 Å². The van der Waals surface area contributed by atoms with E-state index >= 15 is 4.39 Å². The zero-order valence-corrected chi connectivity index (χ0v) is 19.6. The van der Waals surface area contributed by atoms with E-state index in [0.29, 0.717) is 5.39 Å². The topological polar surface area (TPSA) is 185 Å². The number of aromatic nitrogens is 3. The Morgan fingerprint density at radius 1 is 1.31 bits per heavy atom. The number of nitrogens with two attached hydrogens (primary N) is 2. The molecule has 0 spiro atoms. The monoisotopic (exact) mass is 529 g/mol. The number of carbonyl (C=O) groups is 1. The summed E-state index contributed by atoms with van der Waals surface area (Å²) < 4.78 is 46.2. The van der Waals surface area contributed by atoms with E-state index in [1.807, 2.05) is 0 Å². The number of ether oxygens (including phenoxy) is 1. The van der Waals surface area contributed by atoms with E-state index < -0.39 is 57.0 Å². The molecule has 1 aliphatic heterocycles. The van der Waals surface area contributed by atoms with Crippen molar-refractivity contribution in [2.24, 2.45) is 5.73 Å². The van der Waals surface area contributed by atoms with Gasteiger partial charge in [0.15, 0.2) is 12.4 Å². The summed E-state index contributed by atoms with van der Waals surface area (Å²) in [6.45, 7) is -0.578. The first-order valence-corrected chi connectivity index (χ1v) is 12.4. The van der Waals surface area contributed by atoms with E-state index in [2.05, 4.69) is 9.97 Å². The summed E-state index contributed by atoms with van der Waals surface area (Å²) >= 11 is 5.87. The molecule has 3 heterocycles. The number of carboxylic acid groups (broad SMARTS) is 1. The normalized spacial score (nSPS) is 24.8. The lowest BCUT2D eigenvalue weighted by Gasteiger charge is -2.23. The Labute approximate surface area is 203 Å². The number of para-hydroxylation sites is 1. The first kappa shape index (κ1) is 25.3. The van der Waals surface area contributed by atoms with Crippen molar-refractivity contribution in [1.29, 1.82) is 0 Å². The third kappa shape index (κ3) is 5.40. The maximum absolute atomic E-state index is 15.0. The van der Waals surface area contributed by atoms with Gasteiger partial charge < -0.3 is 35.5 Å². The van der Waals surface area contributed by atoms with E-state index in [1.165, 1.54) is 22.9 Å². The first-order chi connectivity index (χ1) is 16.6. The SMILES string of the molecule is Nc1nc(Cl)nc2c1ccn2[C@@H]1O[C@H](COP(=O)(C[C@H](N)C(=O)O)Oc2ccccc2)[C@@H](O)[C@@H]1F. The number of carboxylic acids is 1. The van der Waals surface area contributed by atoms with E-state index in [1.54, 1.807) is 24.3 Å². The summed E-state index contributed by atoms with van der Waals surface area (Å²) in [5.41, 5.74) is 11.6. The average Bonchev–Trinajstić information content (AvgIpc) is 3.34. The molecule has 0 bridgehead atoms. The molecule has 35 heavy (non-hydrogen) atoms. The molecule has 0 saturated carbocycles. The Morgan fingerprint density at radius 2 is 2.03 bits per heavy atom. The van der Waals surface area contributed by atoms with Gasteiger partial charge >= 0.3 is 13.6 Å². The van der Waals surface area contributed by atoms with Gasteiger partial charge in [-0.25, -0.2) is 13.9 Å². The number of aliphatic hydroxyl groups excluding tert-OH is 1. The molecule has 6 N–H and O–H groups in total. The van der Waals surface area contributed by atoms with Gasteiger partial charge in [-0.3, -0.25) is 9.32 Å². The van der Waals surface area contributed by atoms with Crippen molar-refractivity contribution in [2.45, 2.75) is 30.6 Å². The molecule has 6 atom stereocenters. The quantitative estimate of drug-likeness (QED) is 0.234. The molecule has 0 amide bonds. The number of alkyl halides is 1. The molecule has 1 saturated heterocycles. The van der Waals surface area contributed by atoms with Crippen molar-refractivity contribution in [1.82, 2.24) is 14.5 Å². The van der Waals surface area contributed by atoms with E-state index in [0.717, 1.165) is 0 Å². The van der Waals surface area contributed by atoms with E-state index in [-0.39, 0.29) is 22.5 Å². The lowest BCUT2D eigenvalue weighted by atomic mass is 10.1. The van der Waals surface area contributed by atoms with Crippen molar-refractivity contribution >= 4 is 42.0 Å². The molecule has 0 radical (unpaired) electrons. The van der Waals surface area contributed by atoms with Gasteiger partial charge in [-0.2, -0.15) is 4.98 Å². The molecule has 2 aromatic heterocycles. The third-order valence-corrected chi connectivity index (χ3v) is 7.34. The zero-order chi connectivity index (χ0) is 25.3. The van der Waals surface area contributed by atoms with Crippen molar-refractivity contribution in [3.8, 4) is 5.75 Å². The molecule has 188 valence electrons. The van der Waals surface area contributed by atoms with E-state index in [9.17, 15) is 14.5 Å². The number of benzene rings is 1. The van der Waals surface area contributed by atoms with Gasteiger partial charge in [-0.15, -0.1) is 0 Å². The highest BCUT2D eigenvalue weighted by Gasteiger charge is 2.47. The zero-order valence-electron chi connectivity index (χ0n) is 18.0. The maximum atomic E-state index is 15.0. The first-order valence-electron chi connectivity index (χ1n) is 10.3. The fourth-order valence-electron chi connectivity index (χ4n) is 3.56. The highest BCUT2D eigenvalue weighted by atomic mass is 35.5. The Morgan fingerprint density at radius 3 is 2.71 bits per heavy atom. The minimum absolute atomic E-state index is 0.0846. The van der Waals surface area contributed by atoms with Crippen LogP contribution in [0.25, 0.3) is 11.0 Å². The summed E-state index contributed by atoms with van der Waals surface area (Å²) in [5, 5.41) is 19.8. The van der Waals surface area contributed by atoms with Crippen LogP contribution in [0.3, 0.4) is 0 Å². The van der Waals surface area contributed by atoms with Crippen molar-refractivity contribution < 1.29 is 37.7 Å². The standard InChI is InChI=1S/C20H22ClFN5O7P/c21-20-25-16(24)11-6-7-27(17(11)26-20)18-14(22)15(28)13(33-18)8-32-35(31,9-12(23)19(29)30)34-10-4-2-1-3-5-10/h1-7,12-15,18,28H,8-9,23H2,(H,29,30)(H2,24,25,26)/t12-,13+,14-,15+,18+,35?/m0/s1. The molecule has 15 heteroatoms. The number of halogens is 2. The second-order valence-electron chi connectivity index (χ2n) is 7.78. The Bertz CT molecular complexity index is 1270. The number of aliphatic hydroxyl groups is 1. The number of hydrogen-bond acceptors (Lipinski definition) is 10.